The average Bonchev–Trinajstić information content (AvgIpc) is 3.52. The molecular weight excluding hydrogens is 650 g/mol. The molecule has 2 aromatic heterocycles. The Balaban J connectivity index is 0.000000168. The highest BCUT2D eigenvalue weighted by Crippen LogP contribution is 2.30. The van der Waals surface area contributed by atoms with Crippen molar-refractivity contribution in [3.8, 4) is 22.8 Å². The molecule has 0 saturated heterocycles. The molecule has 2 heterocycles. The zero-order valence-corrected chi connectivity index (χ0v) is 26.4. The molecule has 6 nitrogen and oxygen atoms in total. The molecule has 0 aliphatic carbocycles. The van der Waals surface area contributed by atoms with Crippen LogP contribution in [0.3, 0.4) is 0 Å². The minimum absolute atomic E-state index is 0.547. The summed E-state index contributed by atoms with van der Waals surface area (Å²) in [5.41, 5.74) is 3.87. The molecule has 42 heavy (non-hydrogen) atoms. The highest BCUT2D eigenvalue weighted by molar-refractivity contribution is 7.71. The number of nitrogens with one attached hydrogen (secondary N) is 2. The molecule has 2 N–H and O–H groups in total. The van der Waals surface area contributed by atoms with Crippen molar-refractivity contribution in [1.82, 2.24) is 29.5 Å². The van der Waals surface area contributed by atoms with Crippen molar-refractivity contribution in [3.05, 3.63) is 138 Å². The molecule has 0 bridgehead atoms. The molecule has 0 atom stereocenters. The molecule has 6 aromatic rings. The van der Waals surface area contributed by atoms with Crippen LogP contribution in [-0.2, 0) is 13.1 Å². The van der Waals surface area contributed by atoms with Crippen LogP contribution in [0.15, 0.2) is 97.1 Å². The summed E-state index contributed by atoms with van der Waals surface area (Å²) < 4.78 is 4.94. The van der Waals surface area contributed by atoms with Gasteiger partial charge in [-0.2, -0.15) is 10.2 Å². The number of rotatable bonds is 6. The normalized spacial score (nSPS) is 10.8. The SMILES string of the molecule is S=c1[nH]nc(-c2ccc(Cl)cc2Cl)n1Cc1ccccc1.S=c1[nH]nc(-c2ccc(Cl)cc2Cl)n1Cc1ccccc1. The van der Waals surface area contributed by atoms with Gasteiger partial charge < -0.3 is 0 Å². The zero-order valence-electron chi connectivity index (χ0n) is 21.8. The van der Waals surface area contributed by atoms with E-state index in [0.717, 1.165) is 22.3 Å². The Labute approximate surface area is 272 Å². The van der Waals surface area contributed by atoms with Gasteiger partial charge in [-0.05, 0) is 72.0 Å². The second kappa shape index (κ2) is 13.8. The second-order valence-electron chi connectivity index (χ2n) is 9.10. The van der Waals surface area contributed by atoms with Crippen LogP contribution < -0.4 is 0 Å². The van der Waals surface area contributed by atoms with Crippen LogP contribution in [0, 0.1) is 9.54 Å². The third kappa shape index (κ3) is 7.21. The Hall–Kier alpha value is -3.24. The molecule has 0 spiro atoms. The number of halogens is 4. The first-order valence-corrected chi connectivity index (χ1v) is 14.9. The maximum absolute atomic E-state index is 6.26. The van der Waals surface area contributed by atoms with E-state index in [1.54, 1.807) is 24.3 Å². The van der Waals surface area contributed by atoms with E-state index in [9.17, 15) is 0 Å². The van der Waals surface area contributed by atoms with E-state index in [2.05, 4.69) is 20.4 Å². The van der Waals surface area contributed by atoms with Gasteiger partial charge in [0.2, 0.25) is 0 Å². The standard InChI is InChI=1S/2C15H11Cl2N3S/c2*16-11-6-7-12(13(17)8-11)14-18-19-15(21)20(14)9-10-4-2-1-3-5-10/h2*1-8H,9H2,(H,19,21). The summed E-state index contributed by atoms with van der Waals surface area (Å²) >= 11 is 35.0. The zero-order chi connectivity index (χ0) is 29.6. The van der Waals surface area contributed by atoms with Gasteiger partial charge in [-0.15, -0.1) is 0 Å². The molecule has 0 aliphatic rings. The number of benzene rings is 4. The maximum atomic E-state index is 6.26. The third-order valence-electron chi connectivity index (χ3n) is 6.23. The fourth-order valence-corrected chi connectivity index (χ4v) is 5.59. The first kappa shape index (κ1) is 30.2. The van der Waals surface area contributed by atoms with Crippen molar-refractivity contribution in [2.45, 2.75) is 13.1 Å². The molecule has 0 amide bonds. The molecule has 4 aromatic carbocycles. The summed E-state index contributed by atoms with van der Waals surface area (Å²) in [5.74, 6) is 1.40. The van der Waals surface area contributed by atoms with E-state index in [0.29, 0.717) is 54.4 Å². The number of hydrogen-bond acceptors (Lipinski definition) is 4. The summed E-state index contributed by atoms with van der Waals surface area (Å²) in [7, 11) is 0. The molecule has 0 saturated carbocycles. The monoisotopic (exact) mass is 670 g/mol. The Bertz CT molecular complexity index is 1790. The fourth-order valence-electron chi connectivity index (χ4n) is 4.21. The van der Waals surface area contributed by atoms with Crippen LogP contribution >= 0.6 is 70.8 Å². The number of aromatic nitrogens is 6. The van der Waals surface area contributed by atoms with Crippen molar-refractivity contribution >= 4 is 70.8 Å². The molecule has 0 unspecified atom stereocenters. The van der Waals surface area contributed by atoms with Crippen LogP contribution in [0.4, 0.5) is 0 Å². The summed E-state index contributed by atoms with van der Waals surface area (Å²) in [6.07, 6.45) is 0. The van der Waals surface area contributed by atoms with Gasteiger partial charge in [-0.3, -0.25) is 19.3 Å². The van der Waals surface area contributed by atoms with Crippen molar-refractivity contribution in [2.75, 3.05) is 0 Å². The molecule has 0 aliphatic heterocycles. The van der Waals surface area contributed by atoms with E-state index in [-0.39, 0.29) is 0 Å². The van der Waals surface area contributed by atoms with Crippen LogP contribution in [0.25, 0.3) is 22.8 Å². The van der Waals surface area contributed by atoms with Gasteiger partial charge in [0.1, 0.15) is 0 Å². The minimum atomic E-state index is 0.547. The van der Waals surface area contributed by atoms with Gasteiger partial charge in [0.25, 0.3) is 0 Å². The van der Waals surface area contributed by atoms with Gasteiger partial charge in [-0.1, -0.05) is 107 Å². The Kier molecular flexibility index (Phi) is 9.95. The summed E-state index contributed by atoms with van der Waals surface area (Å²) in [4.78, 5) is 0. The van der Waals surface area contributed by atoms with Crippen molar-refractivity contribution in [1.29, 1.82) is 0 Å². The predicted octanol–water partition coefficient (Wildman–Crippen LogP) is 9.93. The van der Waals surface area contributed by atoms with Gasteiger partial charge >= 0.3 is 0 Å². The average molecular weight is 672 g/mol. The van der Waals surface area contributed by atoms with Gasteiger partial charge in [-0.25, -0.2) is 0 Å². The lowest BCUT2D eigenvalue weighted by Crippen LogP contribution is -2.02. The molecule has 6 rings (SSSR count). The van der Waals surface area contributed by atoms with Gasteiger partial charge in [0, 0.05) is 21.2 Å². The quantitative estimate of drug-likeness (QED) is 0.173. The predicted molar refractivity (Wildman–Crippen MR) is 177 cm³/mol. The molecule has 12 heteroatoms. The Morgan fingerprint density at radius 1 is 0.548 bits per heavy atom. The number of hydrogen-bond donors (Lipinski definition) is 2. The molecule has 0 radical (unpaired) electrons. The smallest absolute Gasteiger partial charge is 0.195 e. The lowest BCUT2D eigenvalue weighted by Gasteiger charge is -2.08. The topological polar surface area (TPSA) is 67.2 Å². The molecule has 0 fully saturated rings. The molecule has 212 valence electrons. The summed E-state index contributed by atoms with van der Waals surface area (Å²) in [6, 6.07) is 30.8. The highest BCUT2D eigenvalue weighted by Gasteiger charge is 2.14. The highest BCUT2D eigenvalue weighted by atomic mass is 35.5. The Morgan fingerprint density at radius 2 is 0.929 bits per heavy atom. The van der Waals surface area contributed by atoms with Crippen molar-refractivity contribution in [2.24, 2.45) is 0 Å². The van der Waals surface area contributed by atoms with Crippen molar-refractivity contribution < 1.29 is 0 Å². The summed E-state index contributed by atoms with van der Waals surface area (Å²) in [6.45, 7) is 1.26. The molecular formula is C30H22Cl4N6S2. The number of nitrogens with zero attached hydrogens (tertiary/aromatic N) is 4. The number of aromatic amines is 2. The fraction of sp³-hybridized carbons (Fsp3) is 0.0667. The first-order chi connectivity index (χ1) is 20.3. The van der Waals surface area contributed by atoms with E-state index in [4.69, 9.17) is 70.8 Å². The lowest BCUT2D eigenvalue weighted by atomic mass is 10.2. The van der Waals surface area contributed by atoms with Crippen molar-refractivity contribution in [3.63, 3.8) is 0 Å². The lowest BCUT2D eigenvalue weighted by molar-refractivity contribution is 0.790. The Morgan fingerprint density at radius 3 is 1.29 bits per heavy atom. The van der Waals surface area contributed by atoms with E-state index in [1.807, 2.05) is 81.9 Å². The minimum Gasteiger partial charge on any atom is -0.296 e. The van der Waals surface area contributed by atoms with E-state index in [1.165, 1.54) is 0 Å². The summed E-state index contributed by atoms with van der Waals surface area (Å²) in [5, 5.41) is 16.5. The van der Waals surface area contributed by atoms with Crippen LogP contribution in [0.5, 0.6) is 0 Å². The third-order valence-corrected chi connectivity index (χ3v) is 7.95. The van der Waals surface area contributed by atoms with Gasteiger partial charge in [0.05, 0.1) is 23.1 Å². The van der Waals surface area contributed by atoms with Crippen LogP contribution in [0.1, 0.15) is 11.1 Å². The number of H-pyrrole nitrogens is 2. The van der Waals surface area contributed by atoms with Crippen LogP contribution in [-0.4, -0.2) is 29.5 Å². The first-order valence-electron chi connectivity index (χ1n) is 12.6. The largest absolute Gasteiger partial charge is 0.296 e. The van der Waals surface area contributed by atoms with E-state index < -0.39 is 0 Å². The van der Waals surface area contributed by atoms with Gasteiger partial charge in [0.15, 0.2) is 21.2 Å². The maximum Gasteiger partial charge on any atom is 0.195 e. The van der Waals surface area contributed by atoms with Crippen LogP contribution in [0.2, 0.25) is 20.1 Å². The second-order valence-corrected chi connectivity index (χ2v) is 11.6. The van der Waals surface area contributed by atoms with E-state index >= 15 is 0 Å².